The van der Waals surface area contributed by atoms with Gasteiger partial charge in [-0.05, 0) is 31.2 Å². The molecule has 0 amide bonds. The van der Waals surface area contributed by atoms with Gasteiger partial charge >= 0.3 is 0 Å². The third-order valence-electron chi connectivity index (χ3n) is 3.87. The molecule has 0 heterocycles. The van der Waals surface area contributed by atoms with Crippen LogP contribution < -0.4 is 0 Å². The minimum Gasteiger partial charge on any atom is -0.374 e. The lowest BCUT2D eigenvalue weighted by atomic mass is 9.86. The molecule has 1 aromatic carbocycles. The van der Waals surface area contributed by atoms with Crippen LogP contribution in [0.15, 0.2) is 30.3 Å². The molecule has 1 aliphatic carbocycles. The Morgan fingerprint density at radius 3 is 2.44 bits per heavy atom. The molecule has 0 spiro atoms. The fourth-order valence-electron chi connectivity index (χ4n) is 2.72. The van der Waals surface area contributed by atoms with Crippen molar-refractivity contribution in [1.29, 1.82) is 0 Å². The van der Waals surface area contributed by atoms with Crippen LogP contribution in [0.4, 0.5) is 0 Å². The van der Waals surface area contributed by atoms with E-state index in [1.807, 2.05) is 0 Å². The molecule has 0 aromatic heterocycles. The second-order valence-corrected chi connectivity index (χ2v) is 6.08. The average Bonchev–Trinajstić information content (AvgIpc) is 2.46. The summed E-state index contributed by atoms with van der Waals surface area (Å²) in [4.78, 5) is 0. The van der Waals surface area contributed by atoms with Crippen molar-refractivity contribution in [2.24, 2.45) is 0 Å². The molecular formula is C16H23IO. The smallest absolute Gasteiger partial charge is 0.0771 e. The number of hydrogen-bond donors (Lipinski definition) is 0. The zero-order chi connectivity index (χ0) is 12.7. The molecule has 100 valence electrons. The summed E-state index contributed by atoms with van der Waals surface area (Å²) in [5.74, 6) is 0. The van der Waals surface area contributed by atoms with Crippen LogP contribution in [-0.2, 0) is 11.2 Å². The lowest BCUT2D eigenvalue weighted by molar-refractivity contribution is -0.0509. The van der Waals surface area contributed by atoms with E-state index in [1.54, 1.807) is 0 Å². The summed E-state index contributed by atoms with van der Waals surface area (Å²) in [6.07, 6.45) is 8.90. The lowest BCUT2D eigenvalue weighted by Crippen LogP contribution is -2.37. The summed E-state index contributed by atoms with van der Waals surface area (Å²) in [5, 5.41) is 0. The van der Waals surface area contributed by atoms with E-state index in [1.165, 1.54) is 37.7 Å². The van der Waals surface area contributed by atoms with Crippen molar-refractivity contribution < 1.29 is 4.74 Å². The summed E-state index contributed by atoms with van der Waals surface area (Å²) >= 11 is 2.50. The van der Waals surface area contributed by atoms with Crippen LogP contribution in [0.25, 0.3) is 0 Å². The van der Waals surface area contributed by atoms with E-state index in [-0.39, 0.29) is 5.60 Å². The van der Waals surface area contributed by atoms with Crippen LogP contribution in [0.2, 0.25) is 0 Å². The molecule has 0 saturated heterocycles. The van der Waals surface area contributed by atoms with Gasteiger partial charge in [-0.25, -0.2) is 0 Å². The SMILES string of the molecule is ICC1(OCCCc2ccccc2)CCCCC1. The monoisotopic (exact) mass is 358 g/mol. The van der Waals surface area contributed by atoms with Gasteiger partial charge in [0.05, 0.1) is 5.60 Å². The van der Waals surface area contributed by atoms with Gasteiger partial charge in [-0.3, -0.25) is 0 Å². The molecule has 0 aliphatic heterocycles. The Bertz CT molecular complexity index is 330. The van der Waals surface area contributed by atoms with Crippen molar-refractivity contribution in [2.75, 3.05) is 11.0 Å². The largest absolute Gasteiger partial charge is 0.374 e. The van der Waals surface area contributed by atoms with Gasteiger partial charge in [-0.1, -0.05) is 72.2 Å². The van der Waals surface area contributed by atoms with Crippen LogP contribution in [-0.4, -0.2) is 16.6 Å². The van der Waals surface area contributed by atoms with Crippen molar-refractivity contribution in [2.45, 2.75) is 50.5 Å². The number of ether oxygens (including phenoxy) is 1. The zero-order valence-corrected chi connectivity index (χ0v) is 13.2. The molecule has 18 heavy (non-hydrogen) atoms. The molecule has 0 radical (unpaired) electrons. The van der Waals surface area contributed by atoms with Crippen molar-refractivity contribution in [3.8, 4) is 0 Å². The maximum Gasteiger partial charge on any atom is 0.0771 e. The number of aryl methyl sites for hydroxylation is 1. The number of rotatable bonds is 6. The fourth-order valence-corrected chi connectivity index (χ4v) is 3.71. The van der Waals surface area contributed by atoms with Crippen LogP contribution in [0.5, 0.6) is 0 Å². The Balaban J connectivity index is 1.71. The molecule has 2 heteroatoms. The van der Waals surface area contributed by atoms with Crippen molar-refractivity contribution in [3.05, 3.63) is 35.9 Å². The van der Waals surface area contributed by atoms with E-state index in [0.29, 0.717) is 0 Å². The average molecular weight is 358 g/mol. The highest BCUT2D eigenvalue weighted by molar-refractivity contribution is 14.1. The number of alkyl halides is 1. The van der Waals surface area contributed by atoms with E-state index in [4.69, 9.17) is 4.74 Å². The highest BCUT2D eigenvalue weighted by Crippen LogP contribution is 2.33. The Kier molecular flexibility index (Phi) is 5.96. The summed E-state index contributed by atoms with van der Waals surface area (Å²) < 4.78 is 7.38. The molecule has 0 bridgehead atoms. The van der Waals surface area contributed by atoms with Gasteiger partial charge in [0, 0.05) is 11.0 Å². The minimum absolute atomic E-state index is 0.204. The first-order valence-electron chi connectivity index (χ1n) is 7.08. The molecule has 0 N–H and O–H groups in total. The number of halogens is 1. The molecule has 2 rings (SSSR count). The van der Waals surface area contributed by atoms with E-state index in [0.717, 1.165) is 23.9 Å². The van der Waals surface area contributed by atoms with Gasteiger partial charge in [0.1, 0.15) is 0 Å². The number of hydrogen-bond acceptors (Lipinski definition) is 1. The molecule has 1 saturated carbocycles. The van der Waals surface area contributed by atoms with Crippen molar-refractivity contribution in [1.82, 2.24) is 0 Å². The van der Waals surface area contributed by atoms with E-state index in [9.17, 15) is 0 Å². The summed E-state index contributed by atoms with van der Waals surface area (Å²) in [6.45, 7) is 0.915. The van der Waals surface area contributed by atoms with Gasteiger partial charge < -0.3 is 4.74 Å². The summed E-state index contributed by atoms with van der Waals surface area (Å²) in [6, 6.07) is 10.7. The maximum absolute atomic E-state index is 6.23. The highest BCUT2D eigenvalue weighted by atomic mass is 127. The van der Waals surface area contributed by atoms with Gasteiger partial charge in [-0.15, -0.1) is 0 Å². The van der Waals surface area contributed by atoms with Gasteiger partial charge in [0.25, 0.3) is 0 Å². The predicted molar refractivity (Wildman–Crippen MR) is 85.4 cm³/mol. The van der Waals surface area contributed by atoms with Crippen LogP contribution in [0, 0.1) is 0 Å². The Morgan fingerprint density at radius 2 is 1.78 bits per heavy atom. The first kappa shape index (κ1) is 14.3. The van der Waals surface area contributed by atoms with Gasteiger partial charge in [0.15, 0.2) is 0 Å². The van der Waals surface area contributed by atoms with Crippen LogP contribution in [0.3, 0.4) is 0 Å². The molecule has 1 aliphatic rings. The van der Waals surface area contributed by atoms with E-state index >= 15 is 0 Å². The fraction of sp³-hybridized carbons (Fsp3) is 0.625. The highest BCUT2D eigenvalue weighted by Gasteiger charge is 2.31. The Morgan fingerprint density at radius 1 is 1.06 bits per heavy atom. The molecule has 0 atom stereocenters. The quantitative estimate of drug-likeness (QED) is 0.404. The molecular weight excluding hydrogens is 335 g/mol. The second kappa shape index (κ2) is 7.49. The standard InChI is InChI=1S/C16H23IO/c17-14-16(11-5-2-6-12-16)18-13-7-10-15-8-3-1-4-9-15/h1,3-4,8-9H,2,5-7,10-14H2. The van der Waals surface area contributed by atoms with Crippen molar-refractivity contribution in [3.63, 3.8) is 0 Å². The molecule has 1 aromatic rings. The van der Waals surface area contributed by atoms with Gasteiger partial charge in [0.2, 0.25) is 0 Å². The maximum atomic E-state index is 6.23. The summed E-state index contributed by atoms with van der Waals surface area (Å²) in [5.41, 5.74) is 1.63. The Hall–Kier alpha value is -0.0900. The van der Waals surface area contributed by atoms with E-state index in [2.05, 4.69) is 52.9 Å². The van der Waals surface area contributed by atoms with E-state index < -0.39 is 0 Å². The lowest BCUT2D eigenvalue weighted by Gasteiger charge is -2.35. The first-order valence-corrected chi connectivity index (χ1v) is 8.61. The summed E-state index contributed by atoms with van der Waals surface area (Å²) in [7, 11) is 0. The first-order chi connectivity index (χ1) is 8.85. The minimum atomic E-state index is 0.204. The van der Waals surface area contributed by atoms with Gasteiger partial charge in [-0.2, -0.15) is 0 Å². The molecule has 0 unspecified atom stereocenters. The molecule has 1 fully saturated rings. The van der Waals surface area contributed by atoms with Crippen LogP contribution >= 0.6 is 22.6 Å². The predicted octanol–water partition coefficient (Wildman–Crippen LogP) is 4.77. The number of benzene rings is 1. The zero-order valence-electron chi connectivity index (χ0n) is 11.0. The molecule has 1 nitrogen and oxygen atoms in total. The Labute approximate surface area is 124 Å². The third-order valence-corrected chi connectivity index (χ3v) is 5.26. The van der Waals surface area contributed by atoms with Crippen molar-refractivity contribution >= 4 is 22.6 Å². The van der Waals surface area contributed by atoms with Crippen LogP contribution in [0.1, 0.15) is 44.1 Å². The topological polar surface area (TPSA) is 9.23 Å². The normalized spacial score (nSPS) is 18.7. The third kappa shape index (κ3) is 4.23. The second-order valence-electron chi connectivity index (χ2n) is 5.31.